The van der Waals surface area contributed by atoms with Gasteiger partial charge in [-0.15, -0.1) is 0 Å². The summed E-state index contributed by atoms with van der Waals surface area (Å²) < 4.78 is 45.2. The maximum atomic E-state index is 15.5. The van der Waals surface area contributed by atoms with E-state index in [2.05, 4.69) is 20.5 Å². The Labute approximate surface area is 219 Å². The Morgan fingerprint density at radius 3 is 2.63 bits per heavy atom. The minimum atomic E-state index is -3.79. The molecule has 0 spiro atoms. The molecular formula is C28H32F3N5O2. The fourth-order valence-electron chi connectivity index (χ4n) is 5.44. The van der Waals surface area contributed by atoms with Crippen LogP contribution in [0, 0.1) is 12.7 Å². The number of hydrogen-bond acceptors (Lipinski definition) is 6. The van der Waals surface area contributed by atoms with Crippen LogP contribution in [-0.4, -0.2) is 46.2 Å². The summed E-state index contributed by atoms with van der Waals surface area (Å²) >= 11 is 0. The van der Waals surface area contributed by atoms with Crippen LogP contribution in [0.15, 0.2) is 24.3 Å². The number of alkyl halides is 2. The number of carbonyl (C=O) groups is 1. The normalized spacial score (nSPS) is 16.9. The molecule has 7 nitrogen and oxygen atoms in total. The molecule has 3 aromatic rings. The van der Waals surface area contributed by atoms with E-state index in [9.17, 15) is 18.7 Å². The van der Waals surface area contributed by atoms with E-state index in [0.717, 1.165) is 61.3 Å². The number of hydrogen-bond donors (Lipinski definition) is 3. The molecule has 0 saturated carbocycles. The first-order valence-corrected chi connectivity index (χ1v) is 12.9. The number of carbonyl (C=O) groups excluding carboxylic acids is 1. The zero-order chi connectivity index (χ0) is 27.4. The molecule has 1 aromatic heterocycles. The van der Waals surface area contributed by atoms with Gasteiger partial charge in [0.25, 0.3) is 0 Å². The van der Waals surface area contributed by atoms with Crippen LogP contribution in [0.25, 0.3) is 10.9 Å². The first-order chi connectivity index (χ1) is 17.9. The second-order valence-electron chi connectivity index (χ2n) is 10.7. The van der Waals surface area contributed by atoms with Crippen LogP contribution in [0.1, 0.15) is 61.3 Å². The van der Waals surface area contributed by atoms with Gasteiger partial charge in [-0.2, -0.15) is 8.78 Å². The molecule has 2 aliphatic rings. The van der Waals surface area contributed by atoms with Gasteiger partial charge in [-0.1, -0.05) is 12.1 Å². The number of piperazine rings is 1. The Morgan fingerprint density at radius 2 is 1.92 bits per heavy atom. The van der Waals surface area contributed by atoms with Crippen LogP contribution in [0.5, 0.6) is 0 Å². The molecule has 0 radical (unpaired) electrons. The molecule has 5 rings (SSSR count). The highest BCUT2D eigenvalue weighted by molar-refractivity contribution is 5.97. The summed E-state index contributed by atoms with van der Waals surface area (Å²) in [5.74, 6) is -3.89. The van der Waals surface area contributed by atoms with E-state index < -0.39 is 28.9 Å². The summed E-state index contributed by atoms with van der Waals surface area (Å²) in [5.41, 5.74) is 0.840. The van der Waals surface area contributed by atoms with E-state index >= 15 is 4.39 Å². The van der Waals surface area contributed by atoms with Crippen molar-refractivity contribution in [1.29, 1.82) is 0 Å². The van der Waals surface area contributed by atoms with Gasteiger partial charge in [0.1, 0.15) is 23.1 Å². The van der Waals surface area contributed by atoms with Crippen molar-refractivity contribution >= 4 is 28.3 Å². The number of halogens is 3. The van der Waals surface area contributed by atoms with Crippen LogP contribution >= 0.6 is 0 Å². The topological polar surface area (TPSA) is 90.4 Å². The predicted molar refractivity (Wildman–Crippen MR) is 140 cm³/mol. The number of aromatic nitrogens is 2. The summed E-state index contributed by atoms with van der Waals surface area (Å²) in [5, 5.41) is 16.8. The second kappa shape index (κ2) is 9.41. The van der Waals surface area contributed by atoms with Gasteiger partial charge in [-0.05, 0) is 70.2 Å². The average Bonchev–Trinajstić information content (AvgIpc) is 3.33. The lowest BCUT2D eigenvalue weighted by molar-refractivity contribution is -0.170. The minimum Gasteiger partial charge on any atom is -0.384 e. The fourth-order valence-corrected chi connectivity index (χ4v) is 5.44. The van der Waals surface area contributed by atoms with Gasteiger partial charge >= 0.3 is 5.92 Å². The number of fused-ring (bicyclic) bond motifs is 3. The van der Waals surface area contributed by atoms with Gasteiger partial charge in [0.15, 0.2) is 0 Å². The monoisotopic (exact) mass is 527 g/mol. The number of anilines is 2. The number of nitrogens with zero attached hydrogens (tertiary/aromatic N) is 3. The maximum absolute atomic E-state index is 15.5. The molecule has 1 atom stereocenters. The van der Waals surface area contributed by atoms with Crippen molar-refractivity contribution in [2.45, 2.75) is 64.5 Å². The third-order valence-corrected chi connectivity index (χ3v) is 7.49. The zero-order valence-electron chi connectivity index (χ0n) is 22.0. The molecule has 1 unspecified atom stereocenters. The van der Waals surface area contributed by atoms with E-state index in [0.29, 0.717) is 24.7 Å². The highest BCUT2D eigenvalue weighted by atomic mass is 19.3. The maximum Gasteiger partial charge on any atom is 0.303 e. The number of amides is 1. The van der Waals surface area contributed by atoms with Crippen molar-refractivity contribution in [3.63, 3.8) is 0 Å². The summed E-state index contributed by atoms with van der Waals surface area (Å²) in [6, 6.07) is 5.08. The van der Waals surface area contributed by atoms with Crippen molar-refractivity contribution in [3.8, 4) is 0 Å². The van der Waals surface area contributed by atoms with Gasteiger partial charge in [-0.25, -0.2) is 14.4 Å². The van der Waals surface area contributed by atoms with Gasteiger partial charge in [-0.3, -0.25) is 4.79 Å². The van der Waals surface area contributed by atoms with Crippen molar-refractivity contribution in [3.05, 3.63) is 58.2 Å². The SMILES string of the molecule is Cc1nc(NC(C)c2cccc(C(F)(F)C(C)(C)O)c2F)c2cc(N3CCNC(=O)C3)c3c(c2n1)CCC3. The molecule has 1 fully saturated rings. The predicted octanol–water partition coefficient (Wildman–Crippen LogP) is 4.54. The lowest BCUT2D eigenvalue weighted by atomic mass is 9.91. The van der Waals surface area contributed by atoms with Crippen LogP contribution in [-0.2, 0) is 23.6 Å². The van der Waals surface area contributed by atoms with E-state index in [-0.39, 0.29) is 18.0 Å². The summed E-state index contributed by atoms with van der Waals surface area (Å²) in [7, 11) is 0. The smallest absolute Gasteiger partial charge is 0.303 e. The summed E-state index contributed by atoms with van der Waals surface area (Å²) in [6.45, 7) is 6.88. The lowest BCUT2D eigenvalue weighted by Gasteiger charge is -2.31. The number of aliphatic hydroxyl groups is 1. The third-order valence-electron chi connectivity index (χ3n) is 7.49. The third kappa shape index (κ3) is 4.44. The molecule has 38 heavy (non-hydrogen) atoms. The van der Waals surface area contributed by atoms with E-state index in [4.69, 9.17) is 4.98 Å². The molecule has 1 aliphatic carbocycles. The van der Waals surface area contributed by atoms with Crippen LogP contribution in [0.2, 0.25) is 0 Å². The van der Waals surface area contributed by atoms with Crippen LogP contribution in [0.3, 0.4) is 0 Å². The van der Waals surface area contributed by atoms with Gasteiger partial charge in [0.05, 0.1) is 23.7 Å². The fraction of sp³-hybridized carbons (Fsp3) is 0.464. The molecule has 1 aliphatic heterocycles. The van der Waals surface area contributed by atoms with Gasteiger partial charge in [0, 0.05) is 29.7 Å². The highest BCUT2D eigenvalue weighted by Crippen LogP contribution is 2.42. The summed E-state index contributed by atoms with van der Waals surface area (Å²) in [6.07, 6.45) is 2.74. The molecule has 2 aromatic carbocycles. The first kappa shape index (κ1) is 26.2. The quantitative estimate of drug-likeness (QED) is 0.436. The molecule has 3 N–H and O–H groups in total. The van der Waals surface area contributed by atoms with E-state index in [1.807, 2.05) is 6.07 Å². The minimum absolute atomic E-state index is 0.0323. The standard InChI is InChI=1S/C28H32F3N5O2/c1-15(17-7-6-10-21(24(17)29)28(30,31)27(3,4)38)33-26-20-13-22(36-12-11-32-23(37)14-36)18-8-5-9-19(18)25(20)34-16(2)35-26/h6-7,10,13,15,38H,5,8-9,11-12,14H2,1-4H3,(H,32,37)(H,33,34,35). The summed E-state index contributed by atoms with van der Waals surface area (Å²) in [4.78, 5) is 23.5. The van der Waals surface area contributed by atoms with Crippen molar-refractivity contribution < 1.29 is 23.1 Å². The Kier molecular flexibility index (Phi) is 6.49. The van der Waals surface area contributed by atoms with Crippen molar-refractivity contribution in [1.82, 2.24) is 15.3 Å². The Bertz CT molecular complexity index is 1420. The Morgan fingerprint density at radius 1 is 1.18 bits per heavy atom. The van der Waals surface area contributed by atoms with Crippen molar-refractivity contribution in [2.24, 2.45) is 0 Å². The molecular weight excluding hydrogens is 495 g/mol. The molecule has 202 valence electrons. The molecule has 10 heteroatoms. The molecule has 0 bridgehead atoms. The number of rotatable bonds is 6. The highest BCUT2D eigenvalue weighted by Gasteiger charge is 2.49. The average molecular weight is 528 g/mol. The Balaban J connectivity index is 1.58. The van der Waals surface area contributed by atoms with Crippen LogP contribution in [0.4, 0.5) is 24.7 Å². The van der Waals surface area contributed by atoms with Gasteiger partial charge < -0.3 is 20.6 Å². The number of aryl methyl sites for hydroxylation is 2. The Hall–Kier alpha value is -3.40. The molecule has 1 saturated heterocycles. The van der Waals surface area contributed by atoms with Crippen LogP contribution < -0.4 is 15.5 Å². The number of benzene rings is 2. The largest absolute Gasteiger partial charge is 0.384 e. The zero-order valence-corrected chi connectivity index (χ0v) is 22.0. The number of nitrogens with one attached hydrogen (secondary N) is 2. The van der Waals surface area contributed by atoms with E-state index in [1.165, 1.54) is 17.7 Å². The lowest BCUT2D eigenvalue weighted by Crippen LogP contribution is -2.48. The van der Waals surface area contributed by atoms with Gasteiger partial charge in [0.2, 0.25) is 5.91 Å². The van der Waals surface area contributed by atoms with Crippen molar-refractivity contribution in [2.75, 3.05) is 29.9 Å². The van der Waals surface area contributed by atoms with E-state index in [1.54, 1.807) is 13.8 Å². The molecule has 1 amide bonds. The second-order valence-corrected chi connectivity index (χ2v) is 10.7. The molecule has 2 heterocycles. The first-order valence-electron chi connectivity index (χ1n) is 12.9.